The topological polar surface area (TPSA) is 65.2 Å². The molecule has 0 unspecified atom stereocenters. The van der Waals surface area contributed by atoms with Gasteiger partial charge in [0.15, 0.2) is 10.9 Å². The minimum absolute atomic E-state index is 0.260. The van der Waals surface area contributed by atoms with Gasteiger partial charge < -0.3 is 10.5 Å². The number of primary amides is 1. The lowest BCUT2D eigenvalue weighted by Crippen LogP contribution is -2.17. The van der Waals surface area contributed by atoms with E-state index in [2.05, 4.69) is 9.72 Å². The van der Waals surface area contributed by atoms with E-state index in [0.29, 0.717) is 11.6 Å². The fourth-order valence-corrected chi connectivity index (χ4v) is 1.46. The Bertz CT molecular complexity index is 421. The number of hydrogen-bond donors (Lipinski definition) is 1. The maximum Gasteiger partial charge on any atom is 0.410 e. The summed E-state index contributed by atoms with van der Waals surface area (Å²) in [4.78, 5) is 14.4. The predicted octanol–water partition coefficient (Wildman–Crippen LogP) is 2.21. The zero-order chi connectivity index (χ0) is 11.0. The highest BCUT2D eigenvalue weighted by molar-refractivity contribution is 6.29. The number of nitrogens with two attached hydrogens (primary N) is 1. The summed E-state index contributed by atoms with van der Waals surface area (Å²) in [6.07, 6.45) is 0.911. The third-order valence-electron chi connectivity index (χ3n) is 2.11. The van der Waals surface area contributed by atoms with E-state index in [-0.39, 0.29) is 10.9 Å². The number of carbonyl (C=O) groups excluding carboxylic acids is 1. The summed E-state index contributed by atoms with van der Waals surface area (Å²) in [5.74, 6) is -0.831. The Morgan fingerprint density at radius 3 is 2.87 bits per heavy atom. The number of ether oxygens (including phenoxy) is 1. The van der Waals surface area contributed by atoms with Crippen LogP contribution >= 0.6 is 11.6 Å². The molecule has 15 heavy (non-hydrogen) atoms. The highest BCUT2D eigenvalue weighted by Crippen LogP contribution is 2.41. The first-order chi connectivity index (χ1) is 7.08. The van der Waals surface area contributed by atoms with Crippen LogP contribution in [0.1, 0.15) is 24.5 Å². The number of halogens is 2. The largest absolute Gasteiger partial charge is 0.410 e. The quantitative estimate of drug-likeness (QED) is 0.792. The third-order valence-corrected chi connectivity index (χ3v) is 2.36. The van der Waals surface area contributed by atoms with Crippen molar-refractivity contribution in [2.45, 2.75) is 18.8 Å². The Labute approximate surface area is 90.2 Å². The molecule has 1 aliphatic rings. The van der Waals surface area contributed by atoms with Crippen LogP contribution in [-0.2, 0) is 0 Å². The summed E-state index contributed by atoms with van der Waals surface area (Å²) in [5, 5.41) is -0.296. The molecule has 1 aromatic heterocycles. The van der Waals surface area contributed by atoms with Gasteiger partial charge in [0.2, 0.25) is 5.82 Å². The standard InChI is InChI=1S/C9H8ClFN2O2/c10-8-7(11)6(15-9(12)14)3-5(13-8)4-1-2-4/h3-4H,1-2H2,(H2,12,14). The molecular weight excluding hydrogens is 223 g/mol. The second-order valence-corrected chi connectivity index (χ2v) is 3.70. The highest BCUT2D eigenvalue weighted by atomic mass is 35.5. The molecular formula is C9H8ClFN2O2. The van der Waals surface area contributed by atoms with Crippen LogP contribution in [0.15, 0.2) is 6.07 Å². The van der Waals surface area contributed by atoms with Gasteiger partial charge in [-0.15, -0.1) is 0 Å². The molecule has 0 aromatic carbocycles. The highest BCUT2D eigenvalue weighted by Gasteiger charge is 2.27. The summed E-state index contributed by atoms with van der Waals surface area (Å²) in [5.41, 5.74) is 5.43. The lowest BCUT2D eigenvalue weighted by molar-refractivity contribution is 0.208. The van der Waals surface area contributed by atoms with Gasteiger partial charge in [0.25, 0.3) is 0 Å². The van der Waals surface area contributed by atoms with Gasteiger partial charge >= 0.3 is 6.09 Å². The van der Waals surface area contributed by atoms with Crippen molar-refractivity contribution in [3.05, 3.63) is 22.7 Å². The van der Waals surface area contributed by atoms with E-state index in [1.54, 1.807) is 0 Å². The first kappa shape index (κ1) is 10.2. The van der Waals surface area contributed by atoms with E-state index >= 15 is 0 Å². The van der Waals surface area contributed by atoms with Crippen molar-refractivity contribution in [2.75, 3.05) is 0 Å². The van der Waals surface area contributed by atoms with Gasteiger partial charge in [-0.1, -0.05) is 11.6 Å². The van der Waals surface area contributed by atoms with Gasteiger partial charge in [-0.05, 0) is 12.8 Å². The Kier molecular flexibility index (Phi) is 2.48. The van der Waals surface area contributed by atoms with Crippen LogP contribution in [0.4, 0.5) is 9.18 Å². The fraction of sp³-hybridized carbons (Fsp3) is 0.333. The molecule has 0 bridgehead atoms. The molecule has 2 N–H and O–H groups in total. The summed E-state index contributed by atoms with van der Waals surface area (Å²) < 4.78 is 17.8. The average Bonchev–Trinajstić information content (AvgIpc) is 2.94. The second kappa shape index (κ2) is 3.66. The van der Waals surface area contributed by atoms with Crippen LogP contribution in [0.2, 0.25) is 5.15 Å². The number of amides is 1. The Hall–Kier alpha value is -1.36. The van der Waals surface area contributed by atoms with E-state index in [1.807, 2.05) is 0 Å². The van der Waals surface area contributed by atoms with E-state index in [9.17, 15) is 9.18 Å². The number of aromatic nitrogens is 1. The van der Waals surface area contributed by atoms with Gasteiger partial charge in [0, 0.05) is 17.7 Å². The normalized spacial score (nSPS) is 15.1. The summed E-state index contributed by atoms with van der Waals surface area (Å²) in [6, 6.07) is 1.36. The smallest absolute Gasteiger partial charge is 0.407 e. The van der Waals surface area contributed by atoms with Crippen molar-refractivity contribution < 1.29 is 13.9 Å². The molecule has 80 valence electrons. The van der Waals surface area contributed by atoms with Gasteiger partial charge in [0.1, 0.15) is 0 Å². The molecule has 1 amide bonds. The minimum atomic E-state index is -1.07. The molecule has 1 aliphatic carbocycles. The molecule has 1 fully saturated rings. The maximum absolute atomic E-state index is 13.3. The molecule has 0 saturated heterocycles. The first-order valence-corrected chi connectivity index (χ1v) is 4.79. The summed E-state index contributed by atoms with van der Waals surface area (Å²) >= 11 is 5.56. The number of nitrogens with zero attached hydrogens (tertiary/aromatic N) is 1. The molecule has 1 aromatic rings. The minimum Gasteiger partial charge on any atom is -0.407 e. The zero-order valence-electron chi connectivity index (χ0n) is 7.67. The summed E-state index contributed by atoms with van der Waals surface area (Å²) in [6.45, 7) is 0. The van der Waals surface area contributed by atoms with Crippen molar-refractivity contribution in [1.29, 1.82) is 0 Å². The van der Waals surface area contributed by atoms with Crippen molar-refractivity contribution in [3.63, 3.8) is 0 Å². The van der Waals surface area contributed by atoms with Gasteiger partial charge in [-0.2, -0.15) is 4.39 Å². The SMILES string of the molecule is NC(=O)Oc1cc(C2CC2)nc(Cl)c1F. The predicted molar refractivity (Wildman–Crippen MR) is 51.4 cm³/mol. The number of carbonyl (C=O) groups is 1. The van der Waals surface area contributed by atoms with E-state index in [1.165, 1.54) is 6.07 Å². The Morgan fingerprint density at radius 1 is 1.67 bits per heavy atom. The molecule has 0 radical (unpaired) electrons. The fourth-order valence-electron chi connectivity index (χ4n) is 1.26. The van der Waals surface area contributed by atoms with Crippen LogP contribution in [0.25, 0.3) is 0 Å². The molecule has 1 heterocycles. The molecule has 0 aliphatic heterocycles. The molecule has 4 nitrogen and oxygen atoms in total. The number of rotatable bonds is 2. The molecule has 1 saturated carbocycles. The summed E-state index contributed by atoms with van der Waals surface area (Å²) in [7, 11) is 0. The average molecular weight is 231 g/mol. The van der Waals surface area contributed by atoms with Crippen molar-refractivity contribution in [1.82, 2.24) is 4.98 Å². The van der Waals surface area contributed by atoms with Crippen LogP contribution in [0.3, 0.4) is 0 Å². The van der Waals surface area contributed by atoms with E-state index in [4.69, 9.17) is 17.3 Å². The van der Waals surface area contributed by atoms with E-state index in [0.717, 1.165) is 12.8 Å². The maximum atomic E-state index is 13.3. The van der Waals surface area contributed by atoms with Crippen LogP contribution in [-0.4, -0.2) is 11.1 Å². The van der Waals surface area contributed by atoms with Crippen LogP contribution < -0.4 is 10.5 Å². The molecule has 0 spiro atoms. The van der Waals surface area contributed by atoms with Crippen molar-refractivity contribution >= 4 is 17.7 Å². The molecule has 0 atom stereocenters. The van der Waals surface area contributed by atoms with E-state index < -0.39 is 11.9 Å². The lowest BCUT2D eigenvalue weighted by Gasteiger charge is -2.06. The number of pyridine rings is 1. The molecule has 6 heteroatoms. The lowest BCUT2D eigenvalue weighted by atomic mass is 10.2. The van der Waals surface area contributed by atoms with Gasteiger partial charge in [-0.25, -0.2) is 9.78 Å². The van der Waals surface area contributed by atoms with Gasteiger partial charge in [0.05, 0.1) is 0 Å². The third kappa shape index (κ3) is 2.18. The Morgan fingerprint density at radius 2 is 2.33 bits per heavy atom. The van der Waals surface area contributed by atoms with Gasteiger partial charge in [-0.3, -0.25) is 0 Å². The second-order valence-electron chi connectivity index (χ2n) is 3.35. The van der Waals surface area contributed by atoms with Crippen molar-refractivity contribution in [2.24, 2.45) is 5.73 Å². The van der Waals surface area contributed by atoms with Crippen LogP contribution in [0, 0.1) is 5.82 Å². The van der Waals surface area contributed by atoms with Crippen LogP contribution in [0.5, 0.6) is 5.75 Å². The molecule has 2 rings (SSSR count). The first-order valence-electron chi connectivity index (χ1n) is 4.41. The number of hydrogen-bond acceptors (Lipinski definition) is 3. The Balaban J connectivity index is 2.37. The van der Waals surface area contributed by atoms with Crippen molar-refractivity contribution in [3.8, 4) is 5.75 Å². The zero-order valence-corrected chi connectivity index (χ0v) is 8.42. The monoisotopic (exact) mass is 230 g/mol.